The van der Waals surface area contributed by atoms with E-state index in [4.69, 9.17) is 5.11 Å². The van der Waals surface area contributed by atoms with Crippen molar-refractivity contribution >= 4 is 11.9 Å². The molecular formula is C19H24N4O3. The fourth-order valence-corrected chi connectivity index (χ4v) is 3.59. The fraction of sp³-hybridized carbons (Fsp3) is 0.421. The number of hydrogen-bond donors (Lipinski definition) is 3. The number of amides is 1. The number of aliphatic carboxylic acids is 1. The van der Waals surface area contributed by atoms with Crippen molar-refractivity contribution in [3.63, 3.8) is 0 Å². The molecule has 0 unspecified atom stereocenters. The summed E-state index contributed by atoms with van der Waals surface area (Å²) in [6.07, 6.45) is 1.86. The number of nitrogens with zero attached hydrogens (tertiary/aromatic N) is 2. The molecule has 3 rings (SSSR count). The molecule has 2 atom stereocenters. The van der Waals surface area contributed by atoms with Gasteiger partial charge in [0.2, 0.25) is 0 Å². The Morgan fingerprint density at radius 2 is 1.96 bits per heavy atom. The molecule has 138 valence electrons. The zero-order valence-corrected chi connectivity index (χ0v) is 15.0. The van der Waals surface area contributed by atoms with Crippen LogP contribution in [0, 0.1) is 6.92 Å². The van der Waals surface area contributed by atoms with E-state index in [-0.39, 0.29) is 24.4 Å². The third-order valence-corrected chi connectivity index (χ3v) is 5.12. The Kier molecular flexibility index (Phi) is 5.37. The molecule has 1 aromatic heterocycles. The van der Waals surface area contributed by atoms with E-state index in [1.165, 1.54) is 0 Å². The molecule has 1 aliphatic rings. The van der Waals surface area contributed by atoms with Crippen LogP contribution in [0.25, 0.3) is 11.3 Å². The van der Waals surface area contributed by atoms with Crippen molar-refractivity contribution in [2.45, 2.75) is 38.3 Å². The number of rotatable bonds is 6. The Hall–Kier alpha value is -2.67. The van der Waals surface area contributed by atoms with Crippen LogP contribution in [0.1, 0.15) is 35.3 Å². The molecule has 3 N–H and O–H groups in total. The highest BCUT2D eigenvalue weighted by Gasteiger charge is 2.32. The number of carboxylic acids is 1. The summed E-state index contributed by atoms with van der Waals surface area (Å²) in [6, 6.07) is 9.78. The summed E-state index contributed by atoms with van der Waals surface area (Å²) in [5, 5.41) is 19.2. The van der Waals surface area contributed by atoms with Gasteiger partial charge in [0.25, 0.3) is 5.91 Å². The second-order valence-electron chi connectivity index (χ2n) is 6.80. The van der Waals surface area contributed by atoms with Gasteiger partial charge in [0.05, 0.1) is 12.0 Å². The monoisotopic (exact) mass is 356 g/mol. The number of aromatic nitrogens is 2. The van der Waals surface area contributed by atoms with Crippen molar-refractivity contribution in [3.8, 4) is 11.3 Å². The first-order valence-corrected chi connectivity index (χ1v) is 8.79. The predicted octanol–water partition coefficient (Wildman–Crippen LogP) is 2.05. The summed E-state index contributed by atoms with van der Waals surface area (Å²) in [5.41, 5.74) is 2.81. The molecular weight excluding hydrogens is 332 g/mol. The number of hydrogen-bond acceptors (Lipinski definition) is 4. The summed E-state index contributed by atoms with van der Waals surface area (Å²) in [7, 11) is 1.93. The van der Waals surface area contributed by atoms with E-state index < -0.39 is 5.97 Å². The predicted molar refractivity (Wildman–Crippen MR) is 97.9 cm³/mol. The Morgan fingerprint density at radius 3 is 2.65 bits per heavy atom. The van der Waals surface area contributed by atoms with Crippen LogP contribution >= 0.6 is 0 Å². The summed E-state index contributed by atoms with van der Waals surface area (Å²) in [4.78, 5) is 25.8. The third-order valence-electron chi connectivity index (χ3n) is 5.12. The molecule has 1 aliphatic heterocycles. The third kappa shape index (κ3) is 3.77. The summed E-state index contributed by atoms with van der Waals surface area (Å²) in [6.45, 7) is 2.32. The molecule has 0 saturated carbocycles. The van der Waals surface area contributed by atoms with Gasteiger partial charge in [-0.3, -0.25) is 19.6 Å². The Balaban J connectivity index is 1.67. The molecule has 7 heteroatoms. The van der Waals surface area contributed by atoms with E-state index >= 15 is 0 Å². The van der Waals surface area contributed by atoms with Gasteiger partial charge in [0, 0.05) is 29.9 Å². The van der Waals surface area contributed by atoms with Crippen LogP contribution < -0.4 is 5.32 Å². The molecule has 1 amide bonds. The molecule has 0 bridgehead atoms. The van der Waals surface area contributed by atoms with Crippen LogP contribution in [0.15, 0.2) is 30.3 Å². The van der Waals surface area contributed by atoms with E-state index in [1.807, 2.05) is 44.3 Å². The maximum Gasteiger partial charge on any atom is 0.304 e. The van der Waals surface area contributed by atoms with Crippen LogP contribution in [0.2, 0.25) is 0 Å². The standard InChI is InChI=1S/C19H24N4O3/c1-12-17(18(22-21-12)13-6-4-3-5-7-13)19(26)20-11-15-9-8-14(23(15)2)10-16(24)25/h3-7,14-15H,8-11H2,1-2H3,(H,20,26)(H,21,22)(H,24,25)/t14-,15+/m1/s1. The molecule has 0 spiro atoms. The zero-order chi connectivity index (χ0) is 18.7. The van der Waals surface area contributed by atoms with Crippen LogP contribution in [-0.4, -0.2) is 57.8 Å². The number of likely N-dealkylation sites (tertiary alicyclic amines) is 1. The van der Waals surface area contributed by atoms with Crippen molar-refractivity contribution in [2.24, 2.45) is 0 Å². The first-order chi connectivity index (χ1) is 12.5. The quantitative estimate of drug-likeness (QED) is 0.736. The number of aryl methyl sites for hydroxylation is 1. The van der Waals surface area contributed by atoms with Crippen molar-refractivity contribution < 1.29 is 14.7 Å². The Labute approximate surface area is 152 Å². The van der Waals surface area contributed by atoms with Crippen molar-refractivity contribution in [1.29, 1.82) is 0 Å². The van der Waals surface area contributed by atoms with E-state index in [0.717, 1.165) is 24.1 Å². The van der Waals surface area contributed by atoms with Gasteiger partial charge >= 0.3 is 5.97 Å². The van der Waals surface area contributed by atoms with Gasteiger partial charge in [-0.05, 0) is 26.8 Å². The molecule has 2 heterocycles. The second-order valence-corrected chi connectivity index (χ2v) is 6.80. The molecule has 1 aromatic carbocycles. The summed E-state index contributed by atoms with van der Waals surface area (Å²) < 4.78 is 0. The van der Waals surface area contributed by atoms with Crippen LogP contribution in [0.3, 0.4) is 0 Å². The number of H-pyrrole nitrogens is 1. The van der Waals surface area contributed by atoms with Gasteiger partial charge in [-0.1, -0.05) is 30.3 Å². The van der Waals surface area contributed by atoms with Crippen LogP contribution in [0.4, 0.5) is 0 Å². The van der Waals surface area contributed by atoms with Gasteiger partial charge in [-0.15, -0.1) is 0 Å². The first-order valence-electron chi connectivity index (χ1n) is 8.79. The number of benzene rings is 1. The largest absolute Gasteiger partial charge is 0.481 e. The summed E-state index contributed by atoms with van der Waals surface area (Å²) in [5.74, 6) is -0.946. The number of aromatic amines is 1. The number of carbonyl (C=O) groups is 2. The normalized spacial score (nSPS) is 20.2. The first kappa shape index (κ1) is 18.1. The molecule has 2 aromatic rings. The lowest BCUT2D eigenvalue weighted by atomic mass is 10.1. The number of carbonyl (C=O) groups excluding carboxylic acids is 1. The Bertz CT molecular complexity index is 787. The lowest BCUT2D eigenvalue weighted by Gasteiger charge is -2.25. The minimum atomic E-state index is -0.784. The van der Waals surface area contributed by atoms with Gasteiger partial charge < -0.3 is 10.4 Å². The lowest BCUT2D eigenvalue weighted by Crippen LogP contribution is -2.41. The van der Waals surface area contributed by atoms with E-state index in [9.17, 15) is 9.59 Å². The van der Waals surface area contributed by atoms with Gasteiger partial charge in [-0.2, -0.15) is 5.10 Å². The molecule has 1 saturated heterocycles. The maximum atomic E-state index is 12.8. The van der Waals surface area contributed by atoms with Crippen LogP contribution in [0.5, 0.6) is 0 Å². The van der Waals surface area contributed by atoms with Crippen molar-refractivity contribution in [2.75, 3.05) is 13.6 Å². The van der Waals surface area contributed by atoms with E-state index in [1.54, 1.807) is 0 Å². The SMILES string of the molecule is Cc1[nH]nc(-c2ccccc2)c1C(=O)NC[C@@H]1CC[C@H](CC(=O)O)N1C. The molecule has 0 radical (unpaired) electrons. The fourth-order valence-electron chi connectivity index (χ4n) is 3.59. The minimum absolute atomic E-state index is 0.0324. The maximum absolute atomic E-state index is 12.8. The lowest BCUT2D eigenvalue weighted by molar-refractivity contribution is -0.138. The van der Waals surface area contributed by atoms with Gasteiger partial charge in [-0.25, -0.2) is 0 Å². The highest BCUT2D eigenvalue weighted by molar-refractivity contribution is 6.01. The summed E-state index contributed by atoms with van der Waals surface area (Å²) >= 11 is 0. The molecule has 26 heavy (non-hydrogen) atoms. The number of nitrogens with one attached hydrogen (secondary N) is 2. The smallest absolute Gasteiger partial charge is 0.304 e. The van der Waals surface area contributed by atoms with Gasteiger partial charge in [0.15, 0.2) is 0 Å². The van der Waals surface area contributed by atoms with Gasteiger partial charge in [0.1, 0.15) is 5.69 Å². The topological polar surface area (TPSA) is 98.3 Å². The number of likely N-dealkylation sites (N-methyl/N-ethyl adjacent to an activating group) is 1. The second kappa shape index (κ2) is 7.70. The Morgan fingerprint density at radius 1 is 1.27 bits per heavy atom. The highest BCUT2D eigenvalue weighted by Crippen LogP contribution is 2.25. The highest BCUT2D eigenvalue weighted by atomic mass is 16.4. The number of carboxylic acid groups (broad SMARTS) is 1. The zero-order valence-electron chi connectivity index (χ0n) is 15.0. The van der Waals surface area contributed by atoms with E-state index in [2.05, 4.69) is 20.4 Å². The molecule has 1 fully saturated rings. The molecule has 7 nitrogen and oxygen atoms in total. The van der Waals surface area contributed by atoms with Crippen LogP contribution in [-0.2, 0) is 4.79 Å². The van der Waals surface area contributed by atoms with Crippen molar-refractivity contribution in [1.82, 2.24) is 20.4 Å². The van der Waals surface area contributed by atoms with Crippen molar-refractivity contribution in [3.05, 3.63) is 41.6 Å². The average molecular weight is 356 g/mol. The van der Waals surface area contributed by atoms with E-state index in [0.29, 0.717) is 17.8 Å². The minimum Gasteiger partial charge on any atom is -0.481 e. The average Bonchev–Trinajstić information content (AvgIpc) is 3.17. The molecule has 0 aliphatic carbocycles.